The Kier molecular flexibility index (Phi) is 4.92. The Balaban J connectivity index is 2.14. The van der Waals surface area contributed by atoms with Gasteiger partial charge < -0.3 is 15.4 Å². The molecule has 7 nitrogen and oxygen atoms in total. The van der Waals surface area contributed by atoms with E-state index in [2.05, 4.69) is 36.2 Å². The van der Waals surface area contributed by atoms with E-state index in [1.807, 2.05) is 0 Å². The summed E-state index contributed by atoms with van der Waals surface area (Å²) < 4.78 is 0.567. The average molecular weight is 374 g/mol. The standard InChI is InChI=1S/C12H10BrClN4O3/c13-6-1-8(10(14)16-3-6)11(19)18-9(12(20)21)2-7-4-15-5-17-7/h1,3-5,9H,2H2,(H,15,17)(H,18,19)(H,20,21)/t9-/m1/s1. The third-order valence-electron chi connectivity index (χ3n) is 2.63. The van der Waals surface area contributed by atoms with Crippen LogP contribution in [-0.4, -0.2) is 38.0 Å². The molecular formula is C12H10BrClN4O3. The van der Waals surface area contributed by atoms with Gasteiger partial charge in [-0.3, -0.25) is 4.79 Å². The Bertz CT molecular complexity index is 663. The largest absolute Gasteiger partial charge is 0.480 e. The van der Waals surface area contributed by atoms with Crippen molar-refractivity contribution in [3.8, 4) is 0 Å². The van der Waals surface area contributed by atoms with Crippen LogP contribution in [0.25, 0.3) is 0 Å². The summed E-state index contributed by atoms with van der Waals surface area (Å²) in [6.07, 6.45) is 4.46. The molecular weight excluding hydrogens is 364 g/mol. The van der Waals surface area contributed by atoms with Crippen molar-refractivity contribution in [1.82, 2.24) is 20.3 Å². The first kappa shape index (κ1) is 15.5. The van der Waals surface area contributed by atoms with Crippen LogP contribution in [0.5, 0.6) is 0 Å². The number of carboxylic acid groups (broad SMARTS) is 1. The first-order valence-electron chi connectivity index (χ1n) is 5.79. The molecule has 0 bridgehead atoms. The number of imidazole rings is 1. The first-order chi connectivity index (χ1) is 9.97. The number of aliphatic carboxylic acids is 1. The van der Waals surface area contributed by atoms with Crippen LogP contribution in [0.15, 0.2) is 29.3 Å². The Morgan fingerprint density at radius 2 is 2.24 bits per heavy atom. The van der Waals surface area contributed by atoms with Gasteiger partial charge in [-0.15, -0.1) is 0 Å². The molecule has 0 aliphatic heterocycles. The second-order valence-corrected chi connectivity index (χ2v) is 5.41. The van der Waals surface area contributed by atoms with Crippen molar-refractivity contribution in [2.75, 3.05) is 0 Å². The minimum Gasteiger partial charge on any atom is -0.480 e. The van der Waals surface area contributed by atoms with E-state index >= 15 is 0 Å². The van der Waals surface area contributed by atoms with Crippen LogP contribution in [0.3, 0.4) is 0 Å². The van der Waals surface area contributed by atoms with Crippen LogP contribution in [0.2, 0.25) is 5.15 Å². The molecule has 0 saturated heterocycles. The lowest BCUT2D eigenvalue weighted by Crippen LogP contribution is -2.42. The van der Waals surface area contributed by atoms with Crippen LogP contribution < -0.4 is 5.32 Å². The van der Waals surface area contributed by atoms with Crippen molar-refractivity contribution < 1.29 is 14.7 Å². The third kappa shape index (κ3) is 4.02. The number of pyridine rings is 1. The van der Waals surface area contributed by atoms with Crippen LogP contribution in [-0.2, 0) is 11.2 Å². The number of carbonyl (C=O) groups is 2. The minimum atomic E-state index is -1.16. The molecule has 2 aromatic heterocycles. The van der Waals surface area contributed by atoms with Crippen molar-refractivity contribution in [1.29, 1.82) is 0 Å². The van der Waals surface area contributed by atoms with Gasteiger partial charge in [-0.1, -0.05) is 11.6 Å². The number of carboxylic acids is 1. The molecule has 0 aliphatic carbocycles. The van der Waals surface area contributed by atoms with Gasteiger partial charge >= 0.3 is 5.97 Å². The summed E-state index contributed by atoms with van der Waals surface area (Å²) in [4.78, 5) is 33.8. The molecule has 9 heteroatoms. The maximum atomic E-state index is 12.1. The van der Waals surface area contributed by atoms with Gasteiger partial charge in [0.15, 0.2) is 0 Å². The number of hydrogen-bond donors (Lipinski definition) is 3. The summed E-state index contributed by atoms with van der Waals surface area (Å²) in [6.45, 7) is 0. The van der Waals surface area contributed by atoms with E-state index in [0.29, 0.717) is 10.2 Å². The average Bonchev–Trinajstić information content (AvgIpc) is 2.93. The van der Waals surface area contributed by atoms with Gasteiger partial charge in [-0.25, -0.2) is 14.8 Å². The highest BCUT2D eigenvalue weighted by Gasteiger charge is 2.23. The summed E-state index contributed by atoms with van der Waals surface area (Å²) in [5.74, 6) is -1.77. The number of aromatic amines is 1. The fraction of sp³-hybridized carbons (Fsp3) is 0.167. The molecule has 0 aliphatic rings. The zero-order chi connectivity index (χ0) is 15.4. The van der Waals surface area contributed by atoms with Gasteiger partial charge in [-0.05, 0) is 22.0 Å². The molecule has 2 rings (SSSR count). The van der Waals surface area contributed by atoms with E-state index in [1.165, 1.54) is 24.8 Å². The van der Waals surface area contributed by atoms with Gasteiger partial charge in [0.2, 0.25) is 0 Å². The summed E-state index contributed by atoms with van der Waals surface area (Å²) in [5, 5.41) is 11.6. The summed E-state index contributed by atoms with van der Waals surface area (Å²) in [5.41, 5.74) is 0.697. The lowest BCUT2D eigenvalue weighted by Gasteiger charge is -2.14. The zero-order valence-corrected chi connectivity index (χ0v) is 12.8. The van der Waals surface area contributed by atoms with E-state index in [-0.39, 0.29) is 17.1 Å². The van der Waals surface area contributed by atoms with E-state index in [4.69, 9.17) is 11.6 Å². The van der Waals surface area contributed by atoms with Crippen molar-refractivity contribution in [3.05, 3.63) is 45.7 Å². The van der Waals surface area contributed by atoms with E-state index in [0.717, 1.165) is 0 Å². The molecule has 1 amide bonds. The normalized spacial score (nSPS) is 11.9. The summed E-state index contributed by atoms with van der Waals surface area (Å²) in [6, 6.07) is 0.368. The number of H-pyrrole nitrogens is 1. The molecule has 2 heterocycles. The number of nitrogens with one attached hydrogen (secondary N) is 2. The van der Waals surface area contributed by atoms with Gasteiger partial charge in [0.05, 0.1) is 11.9 Å². The number of carbonyl (C=O) groups excluding carboxylic acids is 1. The summed E-state index contributed by atoms with van der Waals surface area (Å²) >= 11 is 9.02. The SMILES string of the molecule is O=C(N[C@H](Cc1cnc[nH]1)C(=O)O)c1cc(Br)cnc1Cl. The van der Waals surface area contributed by atoms with Crippen molar-refractivity contribution in [3.63, 3.8) is 0 Å². The maximum Gasteiger partial charge on any atom is 0.326 e. The van der Waals surface area contributed by atoms with Gasteiger partial charge in [0.1, 0.15) is 11.2 Å². The number of halogens is 2. The fourth-order valence-corrected chi connectivity index (χ4v) is 2.15. The molecule has 0 spiro atoms. The molecule has 0 unspecified atom stereocenters. The van der Waals surface area contributed by atoms with Crippen LogP contribution in [0, 0.1) is 0 Å². The quantitative estimate of drug-likeness (QED) is 0.691. The highest BCUT2D eigenvalue weighted by Crippen LogP contribution is 2.18. The second kappa shape index (κ2) is 6.68. The molecule has 0 radical (unpaired) electrons. The number of amides is 1. The lowest BCUT2D eigenvalue weighted by molar-refractivity contribution is -0.139. The Morgan fingerprint density at radius 1 is 1.48 bits per heavy atom. The number of aromatic nitrogens is 3. The fourth-order valence-electron chi connectivity index (χ4n) is 1.63. The Morgan fingerprint density at radius 3 is 2.86 bits per heavy atom. The zero-order valence-electron chi connectivity index (χ0n) is 10.5. The van der Waals surface area contributed by atoms with Crippen molar-refractivity contribution >= 4 is 39.4 Å². The smallest absolute Gasteiger partial charge is 0.326 e. The number of rotatable bonds is 5. The van der Waals surface area contributed by atoms with E-state index < -0.39 is 17.9 Å². The molecule has 1 atom stereocenters. The molecule has 0 fully saturated rings. The third-order valence-corrected chi connectivity index (χ3v) is 3.37. The van der Waals surface area contributed by atoms with Crippen molar-refractivity contribution in [2.24, 2.45) is 0 Å². The molecule has 21 heavy (non-hydrogen) atoms. The van der Waals surface area contributed by atoms with E-state index in [9.17, 15) is 14.7 Å². The molecule has 0 aromatic carbocycles. The van der Waals surface area contributed by atoms with Gasteiger partial charge in [0.25, 0.3) is 5.91 Å². The Hall–Kier alpha value is -1.93. The highest BCUT2D eigenvalue weighted by molar-refractivity contribution is 9.10. The maximum absolute atomic E-state index is 12.1. The molecule has 2 aromatic rings. The lowest BCUT2D eigenvalue weighted by atomic mass is 10.1. The van der Waals surface area contributed by atoms with Gasteiger partial charge in [0, 0.05) is 29.0 Å². The predicted octanol–water partition coefficient (Wildman–Crippen LogP) is 1.65. The monoisotopic (exact) mass is 372 g/mol. The predicted molar refractivity (Wildman–Crippen MR) is 78.1 cm³/mol. The molecule has 0 saturated carbocycles. The van der Waals surface area contributed by atoms with Crippen molar-refractivity contribution in [2.45, 2.75) is 12.5 Å². The second-order valence-electron chi connectivity index (χ2n) is 4.14. The highest BCUT2D eigenvalue weighted by atomic mass is 79.9. The van der Waals surface area contributed by atoms with E-state index in [1.54, 1.807) is 0 Å². The first-order valence-corrected chi connectivity index (χ1v) is 6.96. The molecule has 110 valence electrons. The number of hydrogen-bond acceptors (Lipinski definition) is 4. The van der Waals surface area contributed by atoms with Crippen LogP contribution in [0.4, 0.5) is 0 Å². The summed E-state index contributed by atoms with van der Waals surface area (Å²) in [7, 11) is 0. The minimum absolute atomic E-state index is 0.00128. The van der Waals surface area contributed by atoms with Crippen LogP contribution in [0.1, 0.15) is 16.1 Å². The number of nitrogens with zero attached hydrogens (tertiary/aromatic N) is 2. The topological polar surface area (TPSA) is 108 Å². The van der Waals surface area contributed by atoms with Gasteiger partial charge in [-0.2, -0.15) is 0 Å². The Labute approximate surface area is 132 Å². The molecule has 3 N–H and O–H groups in total. The van der Waals surface area contributed by atoms with Crippen LogP contribution >= 0.6 is 27.5 Å².